The number of amides is 3. The van der Waals surface area contributed by atoms with Crippen LogP contribution in [0.3, 0.4) is 0 Å². The quantitative estimate of drug-likeness (QED) is 0.713. The Morgan fingerprint density at radius 3 is 2.61 bits per heavy atom. The first-order valence-corrected chi connectivity index (χ1v) is 11.5. The van der Waals surface area contributed by atoms with Crippen molar-refractivity contribution >= 4 is 35.0 Å². The van der Waals surface area contributed by atoms with Gasteiger partial charge in [0.15, 0.2) is 0 Å². The number of halogens is 1. The van der Waals surface area contributed by atoms with Crippen molar-refractivity contribution in [2.24, 2.45) is 0 Å². The number of rotatable bonds is 4. The lowest BCUT2D eigenvalue weighted by atomic mass is 9.96. The van der Waals surface area contributed by atoms with Crippen LogP contribution in [0.15, 0.2) is 36.5 Å². The van der Waals surface area contributed by atoms with E-state index in [-0.39, 0.29) is 12.0 Å². The van der Waals surface area contributed by atoms with Crippen molar-refractivity contribution in [1.82, 2.24) is 14.8 Å². The number of methoxy groups -OCH3 is 1. The molecule has 2 atom stereocenters. The Kier molecular flexibility index (Phi) is 6.88. The second kappa shape index (κ2) is 9.67. The zero-order valence-corrected chi connectivity index (χ0v) is 20.0. The average molecular weight is 472 g/mol. The van der Waals surface area contributed by atoms with Gasteiger partial charge in [0.2, 0.25) is 5.91 Å². The molecule has 2 aromatic rings. The number of nitrogens with one attached hydrogen (secondary N) is 2. The maximum Gasteiger partial charge on any atom is 0.323 e. The maximum absolute atomic E-state index is 13.5. The Balaban J connectivity index is 1.51. The summed E-state index contributed by atoms with van der Waals surface area (Å²) in [5, 5.41) is 6.28. The number of fused-ring (bicyclic) bond motifs is 1. The predicted octanol–water partition coefficient (Wildman–Crippen LogP) is 3.42. The summed E-state index contributed by atoms with van der Waals surface area (Å²) in [5.41, 5.74) is 2.24. The van der Waals surface area contributed by atoms with Gasteiger partial charge in [0.1, 0.15) is 11.4 Å². The molecule has 0 aliphatic carbocycles. The number of benzene rings is 1. The van der Waals surface area contributed by atoms with Gasteiger partial charge in [0, 0.05) is 45.0 Å². The van der Waals surface area contributed by atoms with Crippen molar-refractivity contribution in [2.75, 3.05) is 44.4 Å². The first-order valence-electron chi connectivity index (χ1n) is 11.1. The Morgan fingerprint density at radius 1 is 1.15 bits per heavy atom. The highest BCUT2D eigenvalue weighted by atomic mass is 35.5. The number of hydrogen-bond acceptors (Lipinski definition) is 5. The molecule has 176 valence electrons. The molecule has 0 saturated carbocycles. The lowest BCUT2D eigenvalue weighted by molar-refractivity contribution is -0.124. The number of carbonyl (C=O) groups excluding carboxylic acids is 2. The van der Waals surface area contributed by atoms with E-state index in [0.717, 1.165) is 31.6 Å². The van der Waals surface area contributed by atoms with Gasteiger partial charge in [-0.3, -0.25) is 10.1 Å². The minimum atomic E-state index is -1.08. The molecule has 3 amide bonds. The van der Waals surface area contributed by atoms with Gasteiger partial charge in [0.25, 0.3) is 0 Å². The predicted molar refractivity (Wildman–Crippen MR) is 129 cm³/mol. The van der Waals surface area contributed by atoms with Crippen LogP contribution in [-0.4, -0.2) is 72.2 Å². The molecule has 1 aromatic carbocycles. The number of carbonyl (C=O) groups is 2. The van der Waals surface area contributed by atoms with Crippen LogP contribution in [0.1, 0.15) is 24.5 Å². The Labute approximate surface area is 199 Å². The summed E-state index contributed by atoms with van der Waals surface area (Å²) < 4.78 is 5.51. The standard InChI is InChI=1S/C24H30ClN5O3/c1-24(22(31)27-19-6-4-16-8-10-29(2)11-9-17(16)12-19)13-20(33-3)15-30(24)23(32)28-21-7-5-18(25)14-26-21/h4-7,12,14,20H,8-11,13,15H2,1-3H3,(H,27,31)(H,26,28,32)/t20-,24-/m1/s1. The SMILES string of the molecule is CO[C@H]1CN(C(=O)Nc2ccc(Cl)cn2)[C@@](C)(C(=O)Nc2ccc3c(c2)CCN(C)CC3)C1. The summed E-state index contributed by atoms with van der Waals surface area (Å²) in [4.78, 5) is 34.5. The van der Waals surface area contributed by atoms with Crippen LogP contribution in [0.4, 0.5) is 16.3 Å². The smallest absolute Gasteiger partial charge is 0.323 e. The van der Waals surface area contributed by atoms with Gasteiger partial charge in [-0.05, 0) is 62.2 Å². The second-order valence-corrected chi connectivity index (χ2v) is 9.42. The van der Waals surface area contributed by atoms with Gasteiger partial charge in [-0.1, -0.05) is 17.7 Å². The van der Waals surface area contributed by atoms with Crippen molar-refractivity contribution in [1.29, 1.82) is 0 Å². The Hall–Kier alpha value is -2.68. The van der Waals surface area contributed by atoms with E-state index in [1.54, 1.807) is 26.2 Å². The number of anilines is 2. The van der Waals surface area contributed by atoms with Crippen LogP contribution >= 0.6 is 11.6 Å². The van der Waals surface area contributed by atoms with Crippen LogP contribution < -0.4 is 10.6 Å². The van der Waals surface area contributed by atoms with E-state index in [9.17, 15) is 9.59 Å². The monoisotopic (exact) mass is 471 g/mol. The van der Waals surface area contributed by atoms with Crippen molar-refractivity contribution in [3.8, 4) is 0 Å². The minimum Gasteiger partial charge on any atom is -0.380 e. The maximum atomic E-state index is 13.5. The number of nitrogens with zero attached hydrogens (tertiary/aromatic N) is 3. The Morgan fingerprint density at radius 2 is 1.91 bits per heavy atom. The van der Waals surface area contributed by atoms with Gasteiger partial charge < -0.3 is 19.9 Å². The molecule has 1 fully saturated rings. The molecule has 9 heteroatoms. The summed E-state index contributed by atoms with van der Waals surface area (Å²) >= 11 is 5.88. The lowest BCUT2D eigenvalue weighted by Gasteiger charge is -2.33. The normalized spacial score (nSPS) is 23.0. The third-order valence-corrected chi connectivity index (χ3v) is 6.85. The molecule has 1 saturated heterocycles. The van der Waals surface area contributed by atoms with Gasteiger partial charge >= 0.3 is 6.03 Å². The molecular formula is C24H30ClN5O3. The first kappa shape index (κ1) is 23.5. The van der Waals surface area contributed by atoms with Crippen molar-refractivity contribution in [3.63, 3.8) is 0 Å². The molecule has 4 rings (SSSR count). The second-order valence-electron chi connectivity index (χ2n) is 8.98. The van der Waals surface area contributed by atoms with Crippen LogP contribution in [0.25, 0.3) is 0 Å². The van der Waals surface area contributed by atoms with Crippen LogP contribution in [0, 0.1) is 0 Å². The number of aromatic nitrogens is 1. The van der Waals surface area contributed by atoms with Crippen molar-refractivity contribution in [2.45, 2.75) is 37.8 Å². The molecule has 0 unspecified atom stereocenters. The zero-order valence-electron chi connectivity index (χ0n) is 19.2. The van der Waals surface area contributed by atoms with Crippen LogP contribution in [0.5, 0.6) is 0 Å². The summed E-state index contributed by atoms with van der Waals surface area (Å²) in [5.74, 6) is 0.121. The summed E-state index contributed by atoms with van der Waals surface area (Å²) in [6, 6.07) is 8.95. The van der Waals surface area contributed by atoms with Gasteiger partial charge in [-0.25, -0.2) is 9.78 Å². The molecule has 2 aliphatic heterocycles. The highest BCUT2D eigenvalue weighted by molar-refractivity contribution is 6.30. The lowest BCUT2D eigenvalue weighted by Crippen LogP contribution is -2.54. The van der Waals surface area contributed by atoms with Crippen LogP contribution in [0.2, 0.25) is 5.02 Å². The highest BCUT2D eigenvalue weighted by Crippen LogP contribution is 2.33. The summed E-state index contributed by atoms with van der Waals surface area (Å²) in [7, 11) is 3.72. The average Bonchev–Trinajstić information content (AvgIpc) is 3.05. The molecule has 33 heavy (non-hydrogen) atoms. The van der Waals surface area contributed by atoms with E-state index in [1.807, 2.05) is 6.07 Å². The van der Waals surface area contributed by atoms with Gasteiger partial charge in [-0.15, -0.1) is 0 Å². The van der Waals surface area contributed by atoms with Crippen molar-refractivity contribution in [3.05, 3.63) is 52.7 Å². The summed E-state index contributed by atoms with van der Waals surface area (Å²) in [6.07, 6.45) is 3.56. The minimum absolute atomic E-state index is 0.243. The number of likely N-dealkylation sites (N-methyl/N-ethyl adjacent to an activating group) is 1. The number of hydrogen-bond donors (Lipinski definition) is 2. The van der Waals surface area contributed by atoms with E-state index in [2.05, 4.69) is 39.7 Å². The number of urea groups is 1. The fourth-order valence-electron chi connectivity index (χ4n) is 4.51. The van der Waals surface area contributed by atoms with Gasteiger partial charge in [-0.2, -0.15) is 0 Å². The fraction of sp³-hybridized carbons (Fsp3) is 0.458. The third-order valence-electron chi connectivity index (χ3n) is 6.63. The largest absolute Gasteiger partial charge is 0.380 e. The zero-order chi connectivity index (χ0) is 23.6. The molecule has 0 spiro atoms. The highest BCUT2D eigenvalue weighted by Gasteiger charge is 2.50. The number of likely N-dealkylation sites (tertiary alicyclic amines) is 1. The van der Waals surface area contributed by atoms with E-state index in [4.69, 9.17) is 16.3 Å². The van der Waals surface area contributed by atoms with Gasteiger partial charge in [0.05, 0.1) is 11.1 Å². The number of ether oxygens (including phenoxy) is 1. The van der Waals surface area contributed by atoms with Crippen LogP contribution in [-0.2, 0) is 22.4 Å². The Bertz CT molecular complexity index is 1030. The topological polar surface area (TPSA) is 86.8 Å². The molecule has 1 aromatic heterocycles. The van der Waals surface area contributed by atoms with E-state index in [1.165, 1.54) is 22.2 Å². The van der Waals surface area contributed by atoms with E-state index in [0.29, 0.717) is 23.8 Å². The molecule has 8 nitrogen and oxygen atoms in total. The molecule has 3 heterocycles. The van der Waals surface area contributed by atoms with E-state index < -0.39 is 11.6 Å². The molecule has 2 aliphatic rings. The first-order chi connectivity index (χ1) is 15.8. The van der Waals surface area contributed by atoms with E-state index >= 15 is 0 Å². The fourth-order valence-corrected chi connectivity index (χ4v) is 4.62. The third kappa shape index (κ3) is 5.13. The molecular weight excluding hydrogens is 442 g/mol. The van der Waals surface area contributed by atoms with Crippen molar-refractivity contribution < 1.29 is 14.3 Å². The molecule has 0 bridgehead atoms. The molecule has 0 radical (unpaired) electrons. The molecule has 2 N–H and O–H groups in total. The number of pyridine rings is 1. The summed E-state index contributed by atoms with van der Waals surface area (Å²) in [6.45, 7) is 4.09.